The Balaban J connectivity index is 1.84. The number of nitrogens with zero attached hydrogens (tertiary/aromatic N) is 1. The largest absolute Gasteiger partial charge is 0.379 e. The second-order valence-corrected chi connectivity index (χ2v) is 10.2. The zero-order chi connectivity index (χ0) is 20.6. The maximum Gasteiger partial charge on any atom is 0.243 e. The van der Waals surface area contributed by atoms with Gasteiger partial charge < -0.3 is 9.47 Å². The minimum absolute atomic E-state index is 0.0336. The van der Waals surface area contributed by atoms with Crippen LogP contribution in [0.1, 0.15) is 33.1 Å². The predicted molar refractivity (Wildman–Crippen MR) is 106 cm³/mol. The van der Waals surface area contributed by atoms with Crippen molar-refractivity contribution in [3.63, 3.8) is 0 Å². The first kappa shape index (κ1) is 23.2. The van der Waals surface area contributed by atoms with E-state index < -0.39 is 20.0 Å². The molecule has 8 nitrogen and oxygen atoms in total. The molecule has 0 amide bonds. The van der Waals surface area contributed by atoms with Crippen LogP contribution in [0.25, 0.3) is 0 Å². The van der Waals surface area contributed by atoms with E-state index in [0.717, 1.165) is 19.4 Å². The van der Waals surface area contributed by atoms with Crippen LogP contribution in [-0.4, -0.2) is 66.7 Å². The Kier molecular flexibility index (Phi) is 8.84. The lowest BCUT2D eigenvalue weighted by molar-refractivity contribution is 0.0169. The maximum absolute atomic E-state index is 12.5. The number of rotatable bonds is 12. The molecular weight excluding hydrogens is 404 g/mol. The van der Waals surface area contributed by atoms with Crippen LogP contribution in [0.4, 0.5) is 0 Å². The lowest BCUT2D eigenvalue weighted by atomic mass is 10.2. The third-order valence-corrected chi connectivity index (χ3v) is 8.10. The average molecular weight is 435 g/mol. The Hall–Kier alpha value is -1.04. The molecule has 160 valence electrons. The highest BCUT2D eigenvalue weighted by Crippen LogP contribution is 2.18. The van der Waals surface area contributed by atoms with Gasteiger partial charge in [0.1, 0.15) is 0 Å². The monoisotopic (exact) mass is 434 g/mol. The van der Waals surface area contributed by atoms with Crippen molar-refractivity contribution in [3.8, 4) is 0 Å². The Morgan fingerprint density at radius 3 is 2.32 bits per heavy atom. The van der Waals surface area contributed by atoms with Crippen molar-refractivity contribution in [1.82, 2.24) is 9.03 Å². The molecule has 1 atom stereocenters. The Morgan fingerprint density at radius 2 is 1.75 bits per heavy atom. The molecule has 0 bridgehead atoms. The molecule has 0 aromatic heterocycles. The molecule has 2 rings (SSSR count). The molecule has 0 spiro atoms. The van der Waals surface area contributed by atoms with Crippen LogP contribution in [0.5, 0.6) is 0 Å². The minimum atomic E-state index is -3.70. The maximum atomic E-state index is 12.5. The summed E-state index contributed by atoms with van der Waals surface area (Å²) in [5, 5.41) is 0. The molecule has 1 fully saturated rings. The first-order valence-electron chi connectivity index (χ1n) is 9.60. The molecule has 1 aromatic rings. The normalized spacial score (nSPS) is 18.0. The highest BCUT2D eigenvalue weighted by Gasteiger charge is 2.22. The SMILES string of the molecule is CCN(CC)S(=O)(=O)c1ccc(S(=O)(=O)NCCCOCC2CCCO2)cc1. The number of sulfonamides is 2. The summed E-state index contributed by atoms with van der Waals surface area (Å²) in [7, 11) is -7.30. The number of ether oxygens (including phenoxy) is 2. The van der Waals surface area contributed by atoms with Crippen LogP contribution in [0, 0.1) is 0 Å². The topological polar surface area (TPSA) is 102 Å². The fraction of sp³-hybridized carbons (Fsp3) is 0.667. The van der Waals surface area contributed by atoms with Gasteiger partial charge in [-0.15, -0.1) is 0 Å². The van der Waals surface area contributed by atoms with Crippen molar-refractivity contribution >= 4 is 20.0 Å². The summed E-state index contributed by atoms with van der Waals surface area (Å²) < 4.78 is 64.4. The Bertz CT molecular complexity index is 799. The van der Waals surface area contributed by atoms with E-state index in [1.54, 1.807) is 13.8 Å². The molecule has 1 heterocycles. The Labute approximate surface area is 168 Å². The fourth-order valence-corrected chi connectivity index (χ4v) is 5.49. The van der Waals surface area contributed by atoms with Crippen LogP contribution in [0.2, 0.25) is 0 Å². The van der Waals surface area contributed by atoms with E-state index in [1.807, 2.05) is 0 Å². The van der Waals surface area contributed by atoms with Gasteiger partial charge in [0.25, 0.3) is 0 Å². The number of hydrogen-bond acceptors (Lipinski definition) is 6. The van der Waals surface area contributed by atoms with Gasteiger partial charge in [0.15, 0.2) is 0 Å². The van der Waals surface area contributed by atoms with Crippen molar-refractivity contribution in [3.05, 3.63) is 24.3 Å². The Morgan fingerprint density at radius 1 is 1.11 bits per heavy atom. The van der Waals surface area contributed by atoms with Crippen LogP contribution in [0.3, 0.4) is 0 Å². The number of hydrogen-bond donors (Lipinski definition) is 1. The standard InChI is InChI=1S/C18H30N2O6S2/c1-3-20(4-2)28(23,24)18-10-8-17(9-11-18)27(21,22)19-12-6-13-25-15-16-7-5-14-26-16/h8-11,16,19H,3-7,12-15H2,1-2H3. The minimum Gasteiger partial charge on any atom is -0.379 e. The number of benzene rings is 1. The van der Waals surface area contributed by atoms with Crippen molar-refractivity contribution in [2.45, 2.75) is 49.0 Å². The van der Waals surface area contributed by atoms with E-state index in [9.17, 15) is 16.8 Å². The first-order valence-corrected chi connectivity index (χ1v) is 12.5. The van der Waals surface area contributed by atoms with Gasteiger partial charge in [-0.25, -0.2) is 21.6 Å². The lowest BCUT2D eigenvalue weighted by Crippen LogP contribution is -2.30. The summed E-state index contributed by atoms with van der Waals surface area (Å²) in [5.74, 6) is 0. The third-order valence-electron chi connectivity index (χ3n) is 4.56. The van der Waals surface area contributed by atoms with Crippen molar-refractivity contribution in [2.24, 2.45) is 0 Å². The number of nitrogens with one attached hydrogen (secondary N) is 1. The average Bonchev–Trinajstić information content (AvgIpc) is 3.19. The van der Waals surface area contributed by atoms with Gasteiger partial charge in [0.05, 0.1) is 22.5 Å². The molecule has 1 aliphatic rings. The van der Waals surface area contributed by atoms with E-state index in [0.29, 0.717) is 32.7 Å². The zero-order valence-corrected chi connectivity index (χ0v) is 18.1. The highest BCUT2D eigenvalue weighted by molar-refractivity contribution is 7.89. The highest BCUT2D eigenvalue weighted by atomic mass is 32.2. The van der Waals surface area contributed by atoms with E-state index in [-0.39, 0.29) is 22.4 Å². The molecule has 0 saturated carbocycles. The molecular formula is C18H30N2O6S2. The quantitative estimate of drug-likeness (QED) is 0.501. The van der Waals surface area contributed by atoms with Gasteiger partial charge >= 0.3 is 0 Å². The molecule has 1 aliphatic heterocycles. The van der Waals surface area contributed by atoms with Gasteiger partial charge in [0.2, 0.25) is 20.0 Å². The molecule has 1 saturated heterocycles. The summed E-state index contributed by atoms with van der Waals surface area (Å²) in [6, 6.07) is 5.28. The summed E-state index contributed by atoms with van der Waals surface area (Å²) in [6.45, 7) is 6.24. The zero-order valence-electron chi connectivity index (χ0n) is 16.5. The molecule has 1 N–H and O–H groups in total. The summed E-state index contributed by atoms with van der Waals surface area (Å²) in [6.07, 6.45) is 2.76. The van der Waals surface area contributed by atoms with E-state index in [4.69, 9.17) is 9.47 Å². The van der Waals surface area contributed by atoms with Gasteiger partial charge in [-0.05, 0) is 43.5 Å². The van der Waals surface area contributed by atoms with Gasteiger partial charge in [0, 0.05) is 32.8 Å². The molecule has 28 heavy (non-hydrogen) atoms. The smallest absolute Gasteiger partial charge is 0.243 e. The molecule has 0 radical (unpaired) electrons. The van der Waals surface area contributed by atoms with Gasteiger partial charge in [-0.1, -0.05) is 13.8 Å². The van der Waals surface area contributed by atoms with Gasteiger partial charge in [-0.2, -0.15) is 4.31 Å². The van der Waals surface area contributed by atoms with Crippen molar-refractivity contribution in [2.75, 3.05) is 39.5 Å². The van der Waals surface area contributed by atoms with Crippen molar-refractivity contribution in [1.29, 1.82) is 0 Å². The molecule has 10 heteroatoms. The van der Waals surface area contributed by atoms with E-state index in [1.165, 1.54) is 28.6 Å². The first-order chi connectivity index (χ1) is 13.3. The summed E-state index contributed by atoms with van der Waals surface area (Å²) in [5.41, 5.74) is 0. The molecule has 0 aliphatic carbocycles. The second kappa shape index (κ2) is 10.7. The van der Waals surface area contributed by atoms with Crippen LogP contribution < -0.4 is 4.72 Å². The van der Waals surface area contributed by atoms with Gasteiger partial charge in [-0.3, -0.25) is 0 Å². The van der Waals surface area contributed by atoms with E-state index >= 15 is 0 Å². The predicted octanol–water partition coefficient (Wildman–Crippen LogP) is 1.58. The molecule has 1 aromatic carbocycles. The second-order valence-electron chi connectivity index (χ2n) is 6.52. The third kappa shape index (κ3) is 6.23. The van der Waals surface area contributed by atoms with Crippen molar-refractivity contribution < 1.29 is 26.3 Å². The summed E-state index contributed by atoms with van der Waals surface area (Å²) in [4.78, 5) is 0.115. The summed E-state index contributed by atoms with van der Waals surface area (Å²) >= 11 is 0. The van der Waals surface area contributed by atoms with Crippen LogP contribution in [-0.2, 0) is 29.5 Å². The molecule has 1 unspecified atom stereocenters. The van der Waals surface area contributed by atoms with Crippen LogP contribution >= 0.6 is 0 Å². The van der Waals surface area contributed by atoms with Crippen LogP contribution in [0.15, 0.2) is 34.1 Å². The lowest BCUT2D eigenvalue weighted by Gasteiger charge is -2.18. The van der Waals surface area contributed by atoms with E-state index in [2.05, 4.69) is 4.72 Å². The fourth-order valence-electron chi connectivity index (χ4n) is 2.96.